The lowest BCUT2D eigenvalue weighted by atomic mass is 9.97. The van der Waals surface area contributed by atoms with Gasteiger partial charge in [0, 0.05) is 85.0 Å². The highest BCUT2D eigenvalue weighted by Crippen LogP contribution is 2.28. The molecule has 0 amide bonds. The van der Waals surface area contributed by atoms with Crippen LogP contribution in [0.3, 0.4) is 0 Å². The van der Waals surface area contributed by atoms with Crippen molar-refractivity contribution in [2.45, 2.75) is 104 Å². The highest BCUT2D eigenvalue weighted by Gasteiger charge is 2.21. The summed E-state index contributed by atoms with van der Waals surface area (Å²) in [5, 5.41) is 0. The van der Waals surface area contributed by atoms with E-state index in [0.717, 1.165) is 0 Å². The second-order valence-electron chi connectivity index (χ2n) is 22.1. The maximum atomic E-state index is 2.26. The lowest BCUT2D eigenvalue weighted by molar-refractivity contribution is -0.661. The zero-order valence-corrected chi connectivity index (χ0v) is 52.1. The molecule has 5 nitrogen and oxygen atoms in total. The third-order valence-corrected chi connectivity index (χ3v) is 15.8. The van der Waals surface area contributed by atoms with Crippen LogP contribution in [0.5, 0.6) is 0 Å². The average Bonchev–Trinajstić information content (AvgIpc) is 3.44. The van der Waals surface area contributed by atoms with Crippen molar-refractivity contribution in [1.29, 1.82) is 0 Å². The molecule has 10 rings (SSSR count). The fourth-order valence-electron chi connectivity index (χ4n) is 10.9. The minimum absolute atomic E-state index is 1.28. The van der Waals surface area contributed by atoms with Crippen LogP contribution in [-0.2, 0) is 35.2 Å². The zero-order valence-electron chi connectivity index (χ0n) is 52.1. The van der Waals surface area contributed by atoms with Gasteiger partial charge in [0.05, 0.1) is 0 Å². The lowest BCUT2D eigenvalue weighted by Crippen LogP contribution is -2.33. The predicted octanol–water partition coefficient (Wildman–Crippen LogP) is 15.5. The first-order valence-corrected chi connectivity index (χ1v) is 28.1. The SMILES string of the molecule is Cc1cc(-c2ccccc2C)[n+](C)cc1C.Cc1cc(C)c(-c2ccccc2C)[n+](C)c1.Cc1ccccc1-c1c(C)c(C)c(C)c[n+]1C.Cc1ccccc1-c1c(C)c(C)cc[n+]1C.Cc1ccccc1-c1c(C)ccc[n+]1C. The van der Waals surface area contributed by atoms with E-state index in [0.29, 0.717) is 0 Å². The summed E-state index contributed by atoms with van der Waals surface area (Å²) in [6, 6.07) is 53.6. The number of rotatable bonds is 5. The third kappa shape index (κ3) is 14.7. The van der Waals surface area contributed by atoms with E-state index in [-0.39, 0.29) is 0 Å². The first-order chi connectivity index (χ1) is 38.0. The summed E-state index contributed by atoms with van der Waals surface area (Å²) in [6.45, 7) is 32.5. The van der Waals surface area contributed by atoms with Crippen LogP contribution in [0.4, 0.5) is 0 Å². The standard InChI is InChI=1S/C16H20N.3C15H18N.C14H16N/c1-11-8-6-7-9-15(11)16-14(4)13(3)12(2)10-17(16)5;1-11-9-13(3)15(16(4)10-11)14-8-6-5-7-12(14)2;1-11-7-5-6-8-14(11)15-9-12(2)13(3)10-16(15)4;1-11-9-10-16(4)15(13(11)3)14-8-6-5-7-12(14)2;1-11-7-4-5-9-13(11)14-12(2)8-6-10-15(14)3/h6-10H,1-5H3;3*5-10H,1-4H3;4-10H,1-3H3/q5*+1. The molecule has 80 heavy (non-hydrogen) atoms. The highest BCUT2D eigenvalue weighted by atomic mass is 14.9. The van der Waals surface area contributed by atoms with Gasteiger partial charge < -0.3 is 0 Å². The van der Waals surface area contributed by atoms with E-state index in [4.69, 9.17) is 0 Å². The summed E-state index contributed by atoms with van der Waals surface area (Å²) in [6.07, 6.45) is 10.8. The normalized spacial score (nSPS) is 10.5. The van der Waals surface area contributed by atoms with E-state index < -0.39 is 0 Å². The summed E-state index contributed by atoms with van der Waals surface area (Å²) in [5.74, 6) is 0. The van der Waals surface area contributed by atoms with Crippen LogP contribution < -0.4 is 22.8 Å². The van der Waals surface area contributed by atoms with Crippen LogP contribution in [0.15, 0.2) is 183 Å². The Morgan fingerprint density at radius 3 is 1.05 bits per heavy atom. The molecule has 0 saturated carbocycles. The lowest BCUT2D eigenvalue weighted by Gasteiger charge is -2.10. The highest BCUT2D eigenvalue weighted by molar-refractivity contribution is 5.68. The molecular weight excluding hydrogens is 971 g/mol. The van der Waals surface area contributed by atoms with Crippen LogP contribution in [0, 0.1) is 104 Å². The van der Waals surface area contributed by atoms with E-state index in [1.54, 1.807) is 0 Å². The Bertz CT molecular complexity index is 3740. The molecule has 0 bridgehead atoms. The molecule has 10 aromatic rings. The predicted molar refractivity (Wildman–Crippen MR) is 336 cm³/mol. The number of aromatic nitrogens is 5. The maximum absolute atomic E-state index is 2.26. The van der Waals surface area contributed by atoms with Gasteiger partial charge in [-0.3, -0.25) is 0 Å². The molecule has 5 heterocycles. The average molecular weight is 1060 g/mol. The van der Waals surface area contributed by atoms with E-state index in [2.05, 4.69) is 345 Å². The molecule has 5 heteroatoms. The number of benzene rings is 5. The van der Waals surface area contributed by atoms with Crippen molar-refractivity contribution < 1.29 is 22.8 Å². The van der Waals surface area contributed by atoms with E-state index >= 15 is 0 Å². The van der Waals surface area contributed by atoms with Gasteiger partial charge in [-0.15, -0.1) is 0 Å². The van der Waals surface area contributed by atoms with E-state index in [1.807, 2.05) is 0 Å². The van der Waals surface area contributed by atoms with Gasteiger partial charge in [-0.05, 0) is 191 Å². The first kappa shape index (κ1) is 61.1. The van der Waals surface area contributed by atoms with Gasteiger partial charge in [0.2, 0.25) is 28.5 Å². The van der Waals surface area contributed by atoms with E-state index in [1.165, 1.54) is 140 Å². The van der Waals surface area contributed by atoms with Gasteiger partial charge in [-0.1, -0.05) is 91.0 Å². The molecule has 0 radical (unpaired) electrons. The van der Waals surface area contributed by atoms with Gasteiger partial charge in [0.1, 0.15) is 35.2 Å². The Morgan fingerprint density at radius 1 is 0.225 bits per heavy atom. The Balaban J connectivity index is 0.000000161. The maximum Gasteiger partial charge on any atom is 0.215 e. The molecule has 0 saturated heterocycles. The van der Waals surface area contributed by atoms with Crippen molar-refractivity contribution in [3.05, 3.63) is 266 Å². The van der Waals surface area contributed by atoms with Crippen LogP contribution in [-0.4, -0.2) is 0 Å². The Kier molecular flexibility index (Phi) is 21.1. The second kappa shape index (κ2) is 27.6. The number of nitrogens with zero attached hydrogens (tertiary/aromatic N) is 5. The fourth-order valence-corrected chi connectivity index (χ4v) is 10.9. The summed E-state index contributed by atoms with van der Waals surface area (Å²) < 4.78 is 11.0. The van der Waals surface area contributed by atoms with Crippen molar-refractivity contribution in [1.82, 2.24) is 0 Å². The molecule has 0 atom stereocenters. The van der Waals surface area contributed by atoms with Gasteiger partial charge >= 0.3 is 0 Å². The molecule has 5 aromatic carbocycles. The summed E-state index contributed by atoms with van der Waals surface area (Å²) in [5.41, 5.74) is 33.2. The number of hydrogen-bond acceptors (Lipinski definition) is 0. The van der Waals surface area contributed by atoms with Gasteiger partial charge in [-0.25, -0.2) is 22.8 Å². The molecule has 410 valence electrons. The Labute approximate surface area is 481 Å². The summed E-state index contributed by atoms with van der Waals surface area (Å²) >= 11 is 0. The topological polar surface area (TPSA) is 19.4 Å². The summed E-state index contributed by atoms with van der Waals surface area (Å²) in [4.78, 5) is 0. The van der Waals surface area contributed by atoms with Crippen LogP contribution >= 0.6 is 0 Å². The molecule has 0 N–H and O–H groups in total. The number of pyridine rings is 5. The molecule has 0 aliphatic carbocycles. The molecule has 0 fully saturated rings. The van der Waals surface area contributed by atoms with Gasteiger partial charge in [-0.2, -0.15) is 0 Å². The third-order valence-electron chi connectivity index (χ3n) is 15.8. The fraction of sp³-hybridized carbons (Fsp3) is 0.267. The number of aryl methyl sites for hydroxylation is 17. The smallest absolute Gasteiger partial charge is 0.201 e. The van der Waals surface area contributed by atoms with Gasteiger partial charge in [0.15, 0.2) is 31.0 Å². The van der Waals surface area contributed by atoms with Crippen molar-refractivity contribution in [2.24, 2.45) is 35.2 Å². The summed E-state index contributed by atoms with van der Waals surface area (Å²) in [7, 11) is 10.5. The Hall–Kier alpha value is -8.15. The van der Waals surface area contributed by atoms with Crippen LogP contribution in [0.2, 0.25) is 0 Å². The van der Waals surface area contributed by atoms with Crippen molar-refractivity contribution >= 4 is 0 Å². The zero-order chi connectivity index (χ0) is 58.5. The molecule has 5 aromatic heterocycles. The second-order valence-corrected chi connectivity index (χ2v) is 22.1. The van der Waals surface area contributed by atoms with Crippen molar-refractivity contribution in [3.63, 3.8) is 0 Å². The number of hydrogen-bond donors (Lipinski definition) is 0. The van der Waals surface area contributed by atoms with Gasteiger partial charge in [0.25, 0.3) is 0 Å². The Morgan fingerprint density at radius 2 is 0.600 bits per heavy atom. The minimum Gasteiger partial charge on any atom is -0.201 e. The van der Waals surface area contributed by atoms with Crippen LogP contribution in [0.1, 0.15) is 83.5 Å². The van der Waals surface area contributed by atoms with E-state index in [9.17, 15) is 0 Å². The largest absolute Gasteiger partial charge is 0.215 e. The minimum atomic E-state index is 1.28. The molecule has 0 aliphatic heterocycles. The van der Waals surface area contributed by atoms with Crippen molar-refractivity contribution in [2.75, 3.05) is 0 Å². The molecule has 0 aliphatic rings. The molecule has 0 spiro atoms. The first-order valence-electron chi connectivity index (χ1n) is 28.1. The monoisotopic (exact) mass is 1060 g/mol. The van der Waals surface area contributed by atoms with Crippen LogP contribution in [0.25, 0.3) is 56.3 Å². The molecular formula is C75H90N5+5. The molecule has 0 unspecified atom stereocenters. The van der Waals surface area contributed by atoms with Crippen molar-refractivity contribution in [3.8, 4) is 56.3 Å². The quantitative estimate of drug-likeness (QED) is 0.153.